The molecule has 1 aliphatic heterocycles. The molecule has 0 saturated carbocycles. The highest BCUT2D eigenvalue weighted by Crippen LogP contribution is 2.20. The van der Waals surface area contributed by atoms with Gasteiger partial charge in [-0.2, -0.15) is 0 Å². The normalized spacial score (nSPS) is 17.8. The van der Waals surface area contributed by atoms with Crippen LogP contribution in [0.5, 0.6) is 0 Å². The summed E-state index contributed by atoms with van der Waals surface area (Å²) in [6.45, 7) is 6.27. The Morgan fingerprint density at radius 2 is 1.75 bits per heavy atom. The van der Waals surface area contributed by atoms with E-state index >= 15 is 0 Å². The Morgan fingerprint density at radius 3 is 2.15 bits per heavy atom. The van der Waals surface area contributed by atoms with E-state index < -0.39 is 6.04 Å². The van der Waals surface area contributed by atoms with Crippen molar-refractivity contribution in [3.63, 3.8) is 0 Å². The number of methoxy groups -OCH3 is 1. The van der Waals surface area contributed by atoms with Gasteiger partial charge in [-0.1, -0.05) is 13.8 Å². The van der Waals surface area contributed by atoms with Gasteiger partial charge in [-0.25, -0.2) is 0 Å². The highest BCUT2D eigenvalue weighted by Gasteiger charge is 2.32. The number of amides is 2. The molecule has 20 heavy (non-hydrogen) atoms. The number of nitrogens with one attached hydrogen (secondary N) is 1. The van der Waals surface area contributed by atoms with Gasteiger partial charge in [0.1, 0.15) is 6.04 Å². The standard InChI is InChI=1S/C14H24N2O4/c1-9(2)12(15-10(3)17)13(18)16-7-5-11(6-8-16)14(19)20-4/h9,11-12H,5-8H2,1-4H3,(H,15,17). The van der Waals surface area contributed by atoms with Crippen molar-refractivity contribution in [1.29, 1.82) is 0 Å². The Kier molecular flexibility index (Phi) is 5.98. The number of nitrogens with zero attached hydrogens (tertiary/aromatic N) is 1. The van der Waals surface area contributed by atoms with Crippen molar-refractivity contribution in [3.8, 4) is 0 Å². The van der Waals surface area contributed by atoms with Crippen LogP contribution in [0.3, 0.4) is 0 Å². The van der Waals surface area contributed by atoms with Crippen LogP contribution in [0.1, 0.15) is 33.6 Å². The number of carbonyl (C=O) groups is 3. The molecule has 1 rings (SSSR count). The minimum absolute atomic E-state index is 0.0322. The second-order valence-corrected chi connectivity index (χ2v) is 5.54. The molecule has 6 heteroatoms. The van der Waals surface area contributed by atoms with Gasteiger partial charge in [0.15, 0.2) is 0 Å². The van der Waals surface area contributed by atoms with Crippen molar-refractivity contribution < 1.29 is 19.1 Å². The summed E-state index contributed by atoms with van der Waals surface area (Å²) in [6.07, 6.45) is 1.23. The Morgan fingerprint density at radius 1 is 1.20 bits per heavy atom. The highest BCUT2D eigenvalue weighted by atomic mass is 16.5. The van der Waals surface area contributed by atoms with Crippen LogP contribution in [0.4, 0.5) is 0 Å². The summed E-state index contributed by atoms with van der Waals surface area (Å²) in [6, 6.07) is -0.498. The van der Waals surface area contributed by atoms with Crippen LogP contribution in [0.2, 0.25) is 0 Å². The van der Waals surface area contributed by atoms with Crippen molar-refractivity contribution in [2.75, 3.05) is 20.2 Å². The molecule has 1 heterocycles. The minimum atomic E-state index is -0.498. The Hall–Kier alpha value is -1.59. The highest BCUT2D eigenvalue weighted by molar-refractivity contribution is 5.87. The van der Waals surface area contributed by atoms with E-state index in [1.807, 2.05) is 13.8 Å². The largest absolute Gasteiger partial charge is 0.469 e. The zero-order chi connectivity index (χ0) is 15.3. The van der Waals surface area contributed by atoms with E-state index in [9.17, 15) is 14.4 Å². The second-order valence-electron chi connectivity index (χ2n) is 5.54. The summed E-state index contributed by atoms with van der Waals surface area (Å²) in [5.74, 6) is -0.577. The monoisotopic (exact) mass is 284 g/mol. The lowest BCUT2D eigenvalue weighted by Crippen LogP contribution is -2.53. The summed E-state index contributed by atoms with van der Waals surface area (Å²) in [5.41, 5.74) is 0. The van der Waals surface area contributed by atoms with Crippen molar-refractivity contribution >= 4 is 17.8 Å². The molecular formula is C14H24N2O4. The summed E-state index contributed by atoms with van der Waals surface area (Å²) in [5, 5.41) is 2.70. The first-order valence-corrected chi connectivity index (χ1v) is 7.00. The van der Waals surface area contributed by atoms with Gasteiger partial charge in [0.2, 0.25) is 11.8 Å². The fourth-order valence-corrected chi connectivity index (χ4v) is 2.43. The molecule has 0 aromatic rings. The third kappa shape index (κ3) is 4.21. The zero-order valence-electron chi connectivity index (χ0n) is 12.6. The Bertz CT molecular complexity index is 373. The van der Waals surface area contributed by atoms with E-state index in [4.69, 9.17) is 4.74 Å². The lowest BCUT2D eigenvalue weighted by atomic mass is 9.95. The molecule has 1 unspecified atom stereocenters. The topological polar surface area (TPSA) is 75.7 Å². The summed E-state index contributed by atoms with van der Waals surface area (Å²) >= 11 is 0. The van der Waals surface area contributed by atoms with E-state index in [0.717, 1.165) is 0 Å². The molecule has 0 aromatic heterocycles. The van der Waals surface area contributed by atoms with Gasteiger partial charge < -0.3 is 15.0 Å². The molecule has 0 aromatic carbocycles. The maximum atomic E-state index is 12.4. The maximum Gasteiger partial charge on any atom is 0.308 e. The molecular weight excluding hydrogens is 260 g/mol. The van der Waals surface area contributed by atoms with Gasteiger partial charge >= 0.3 is 5.97 Å². The fraction of sp³-hybridized carbons (Fsp3) is 0.786. The van der Waals surface area contributed by atoms with E-state index in [1.165, 1.54) is 14.0 Å². The maximum absolute atomic E-state index is 12.4. The van der Waals surface area contributed by atoms with Crippen LogP contribution in [0.15, 0.2) is 0 Å². The van der Waals surface area contributed by atoms with Crippen molar-refractivity contribution in [3.05, 3.63) is 0 Å². The first kappa shape index (κ1) is 16.5. The first-order valence-electron chi connectivity index (χ1n) is 7.00. The van der Waals surface area contributed by atoms with Gasteiger partial charge in [0, 0.05) is 20.0 Å². The number of likely N-dealkylation sites (tertiary alicyclic amines) is 1. The van der Waals surface area contributed by atoms with Crippen molar-refractivity contribution in [2.45, 2.75) is 39.7 Å². The van der Waals surface area contributed by atoms with Crippen LogP contribution in [-0.2, 0) is 19.1 Å². The average Bonchev–Trinajstić information content (AvgIpc) is 2.43. The number of esters is 1. The van der Waals surface area contributed by atoms with Crippen LogP contribution in [0, 0.1) is 11.8 Å². The van der Waals surface area contributed by atoms with E-state index in [2.05, 4.69) is 5.32 Å². The zero-order valence-corrected chi connectivity index (χ0v) is 12.6. The van der Waals surface area contributed by atoms with Gasteiger partial charge in [-0.15, -0.1) is 0 Å². The molecule has 2 amide bonds. The van der Waals surface area contributed by atoms with Crippen LogP contribution in [0.25, 0.3) is 0 Å². The number of rotatable bonds is 4. The van der Waals surface area contributed by atoms with Crippen LogP contribution >= 0.6 is 0 Å². The molecule has 0 aliphatic carbocycles. The number of hydrogen-bond donors (Lipinski definition) is 1. The number of hydrogen-bond acceptors (Lipinski definition) is 4. The molecule has 1 N–H and O–H groups in total. The fourth-order valence-electron chi connectivity index (χ4n) is 2.43. The summed E-state index contributed by atoms with van der Waals surface area (Å²) in [4.78, 5) is 36.8. The van der Waals surface area contributed by atoms with E-state index in [-0.39, 0.29) is 29.6 Å². The van der Waals surface area contributed by atoms with Gasteiger partial charge in [0.05, 0.1) is 13.0 Å². The molecule has 0 bridgehead atoms. The smallest absolute Gasteiger partial charge is 0.308 e. The Balaban J connectivity index is 2.60. The third-order valence-electron chi connectivity index (χ3n) is 3.63. The van der Waals surface area contributed by atoms with E-state index in [1.54, 1.807) is 4.90 Å². The first-order chi connectivity index (χ1) is 9.36. The third-order valence-corrected chi connectivity index (χ3v) is 3.63. The van der Waals surface area contributed by atoms with E-state index in [0.29, 0.717) is 25.9 Å². The number of piperidine rings is 1. The predicted molar refractivity (Wildman–Crippen MR) is 73.8 cm³/mol. The van der Waals surface area contributed by atoms with Crippen molar-refractivity contribution in [2.24, 2.45) is 11.8 Å². The number of ether oxygens (including phenoxy) is 1. The average molecular weight is 284 g/mol. The molecule has 1 aliphatic rings. The van der Waals surface area contributed by atoms with Crippen LogP contribution < -0.4 is 5.32 Å². The molecule has 0 radical (unpaired) electrons. The van der Waals surface area contributed by atoms with Gasteiger partial charge in [-0.3, -0.25) is 14.4 Å². The van der Waals surface area contributed by atoms with Crippen molar-refractivity contribution in [1.82, 2.24) is 10.2 Å². The Labute approximate surface area is 119 Å². The molecule has 1 saturated heterocycles. The molecule has 1 atom stereocenters. The summed E-state index contributed by atoms with van der Waals surface area (Å²) < 4.78 is 4.72. The van der Waals surface area contributed by atoms with Gasteiger partial charge in [0.25, 0.3) is 0 Å². The van der Waals surface area contributed by atoms with Crippen LogP contribution in [-0.4, -0.2) is 48.9 Å². The molecule has 114 valence electrons. The minimum Gasteiger partial charge on any atom is -0.469 e. The lowest BCUT2D eigenvalue weighted by molar-refractivity contribution is -0.149. The second kappa shape index (κ2) is 7.26. The quantitative estimate of drug-likeness (QED) is 0.765. The predicted octanol–water partition coefficient (Wildman–Crippen LogP) is 0.559. The summed E-state index contributed by atoms with van der Waals surface area (Å²) in [7, 11) is 1.38. The lowest BCUT2D eigenvalue weighted by Gasteiger charge is -2.34. The molecule has 0 spiro atoms. The van der Waals surface area contributed by atoms with Gasteiger partial charge in [-0.05, 0) is 18.8 Å². The molecule has 6 nitrogen and oxygen atoms in total. The molecule has 1 fully saturated rings. The number of carbonyl (C=O) groups excluding carboxylic acids is 3. The SMILES string of the molecule is COC(=O)C1CCN(C(=O)C(NC(C)=O)C(C)C)CC1.